The lowest BCUT2D eigenvalue weighted by atomic mass is 9.73. The zero-order chi connectivity index (χ0) is 10.6. The molecule has 0 amide bonds. The molecule has 1 saturated carbocycles. The first kappa shape index (κ1) is 12.0. The highest BCUT2D eigenvalue weighted by molar-refractivity contribution is 4.90. The fourth-order valence-electron chi connectivity index (χ4n) is 2.64. The van der Waals surface area contributed by atoms with Crippen LogP contribution in [0.2, 0.25) is 0 Å². The van der Waals surface area contributed by atoms with Gasteiger partial charge in [-0.15, -0.1) is 0 Å². The maximum absolute atomic E-state index is 5.97. The molecule has 0 saturated heterocycles. The molecule has 2 heteroatoms. The molecule has 0 heterocycles. The minimum atomic E-state index is 0.120. The third-order valence-corrected chi connectivity index (χ3v) is 3.67. The standard InChI is InChI=1S/C12H25NO/c1-5-14-12(9-13-4)7-6-10(2)11(3)8-12/h10-11,13H,5-9H2,1-4H3. The zero-order valence-electron chi connectivity index (χ0n) is 10.1. The molecule has 3 unspecified atom stereocenters. The minimum absolute atomic E-state index is 0.120. The molecule has 0 aliphatic heterocycles. The molecule has 14 heavy (non-hydrogen) atoms. The Kier molecular flexibility index (Phi) is 4.39. The van der Waals surface area contributed by atoms with E-state index in [0.29, 0.717) is 0 Å². The van der Waals surface area contributed by atoms with E-state index >= 15 is 0 Å². The zero-order valence-corrected chi connectivity index (χ0v) is 10.1. The highest BCUT2D eigenvalue weighted by atomic mass is 16.5. The van der Waals surface area contributed by atoms with E-state index in [1.54, 1.807) is 0 Å². The van der Waals surface area contributed by atoms with E-state index in [4.69, 9.17) is 4.74 Å². The largest absolute Gasteiger partial charge is 0.374 e. The van der Waals surface area contributed by atoms with E-state index in [1.165, 1.54) is 19.3 Å². The van der Waals surface area contributed by atoms with Crippen molar-refractivity contribution in [3.63, 3.8) is 0 Å². The Bertz CT molecular complexity index is 164. The van der Waals surface area contributed by atoms with Crippen molar-refractivity contribution in [1.82, 2.24) is 5.32 Å². The monoisotopic (exact) mass is 199 g/mol. The van der Waals surface area contributed by atoms with Crippen LogP contribution < -0.4 is 5.32 Å². The molecule has 0 spiro atoms. The normalized spacial score (nSPS) is 38.6. The quantitative estimate of drug-likeness (QED) is 0.751. The van der Waals surface area contributed by atoms with Gasteiger partial charge in [-0.05, 0) is 45.1 Å². The van der Waals surface area contributed by atoms with Gasteiger partial charge in [-0.2, -0.15) is 0 Å². The molecular weight excluding hydrogens is 174 g/mol. The average Bonchev–Trinajstić information content (AvgIpc) is 2.13. The van der Waals surface area contributed by atoms with Gasteiger partial charge in [0.15, 0.2) is 0 Å². The van der Waals surface area contributed by atoms with Gasteiger partial charge < -0.3 is 10.1 Å². The second-order valence-electron chi connectivity index (χ2n) is 4.84. The minimum Gasteiger partial charge on any atom is -0.374 e. The van der Waals surface area contributed by atoms with Gasteiger partial charge in [0.25, 0.3) is 0 Å². The molecule has 1 rings (SSSR count). The summed E-state index contributed by atoms with van der Waals surface area (Å²) < 4.78 is 5.97. The molecule has 1 fully saturated rings. The highest BCUT2D eigenvalue weighted by Crippen LogP contribution is 2.38. The summed E-state index contributed by atoms with van der Waals surface area (Å²) in [6, 6.07) is 0. The van der Waals surface area contributed by atoms with Crippen LogP contribution in [-0.2, 0) is 4.74 Å². The van der Waals surface area contributed by atoms with Crippen molar-refractivity contribution in [2.45, 2.75) is 45.6 Å². The lowest BCUT2D eigenvalue weighted by molar-refractivity contribution is -0.0831. The van der Waals surface area contributed by atoms with E-state index in [0.717, 1.165) is 25.0 Å². The summed E-state index contributed by atoms with van der Waals surface area (Å²) in [5.41, 5.74) is 0.120. The van der Waals surface area contributed by atoms with Crippen molar-refractivity contribution < 1.29 is 4.74 Å². The second kappa shape index (κ2) is 5.13. The Balaban J connectivity index is 2.59. The summed E-state index contributed by atoms with van der Waals surface area (Å²) in [6.45, 7) is 8.65. The molecule has 1 aliphatic rings. The Morgan fingerprint density at radius 3 is 2.57 bits per heavy atom. The number of hydrogen-bond donors (Lipinski definition) is 1. The van der Waals surface area contributed by atoms with Crippen LogP contribution in [0.25, 0.3) is 0 Å². The molecule has 3 atom stereocenters. The molecule has 0 aromatic rings. The Morgan fingerprint density at radius 1 is 1.36 bits per heavy atom. The number of rotatable bonds is 4. The molecular formula is C12H25NO. The first-order valence-corrected chi connectivity index (χ1v) is 5.92. The predicted molar refractivity (Wildman–Crippen MR) is 60.5 cm³/mol. The summed E-state index contributed by atoms with van der Waals surface area (Å²) in [5, 5.41) is 3.27. The molecule has 2 nitrogen and oxygen atoms in total. The topological polar surface area (TPSA) is 21.3 Å². The molecule has 1 N–H and O–H groups in total. The van der Waals surface area contributed by atoms with Crippen LogP contribution in [0.3, 0.4) is 0 Å². The second-order valence-corrected chi connectivity index (χ2v) is 4.84. The van der Waals surface area contributed by atoms with Crippen LogP contribution in [0.15, 0.2) is 0 Å². The Morgan fingerprint density at radius 2 is 2.07 bits per heavy atom. The van der Waals surface area contributed by atoms with Crippen molar-refractivity contribution >= 4 is 0 Å². The summed E-state index contributed by atoms with van der Waals surface area (Å²) in [6.07, 6.45) is 3.74. The van der Waals surface area contributed by atoms with Crippen molar-refractivity contribution in [2.75, 3.05) is 20.2 Å². The first-order chi connectivity index (χ1) is 6.63. The fraction of sp³-hybridized carbons (Fsp3) is 1.00. The Hall–Kier alpha value is -0.0800. The lowest BCUT2D eigenvalue weighted by Crippen LogP contribution is -2.47. The Labute approximate surface area is 88.4 Å². The van der Waals surface area contributed by atoms with E-state index < -0.39 is 0 Å². The average molecular weight is 199 g/mol. The van der Waals surface area contributed by atoms with E-state index in [9.17, 15) is 0 Å². The molecule has 84 valence electrons. The fourth-order valence-corrected chi connectivity index (χ4v) is 2.64. The highest BCUT2D eigenvalue weighted by Gasteiger charge is 2.37. The summed E-state index contributed by atoms with van der Waals surface area (Å²) >= 11 is 0. The van der Waals surface area contributed by atoms with Gasteiger partial charge in [0, 0.05) is 13.2 Å². The van der Waals surface area contributed by atoms with Gasteiger partial charge in [0.05, 0.1) is 5.60 Å². The maximum atomic E-state index is 5.97. The first-order valence-electron chi connectivity index (χ1n) is 5.92. The third-order valence-electron chi connectivity index (χ3n) is 3.67. The number of likely N-dealkylation sites (N-methyl/N-ethyl adjacent to an activating group) is 1. The lowest BCUT2D eigenvalue weighted by Gasteiger charge is -2.42. The number of hydrogen-bond acceptors (Lipinski definition) is 2. The van der Waals surface area contributed by atoms with E-state index in [-0.39, 0.29) is 5.60 Å². The van der Waals surface area contributed by atoms with Crippen LogP contribution in [0.5, 0.6) is 0 Å². The SMILES string of the molecule is CCOC1(CNC)CCC(C)C(C)C1. The third kappa shape index (κ3) is 2.71. The van der Waals surface area contributed by atoms with Gasteiger partial charge in [0.1, 0.15) is 0 Å². The molecule has 0 aromatic carbocycles. The van der Waals surface area contributed by atoms with Crippen molar-refractivity contribution in [2.24, 2.45) is 11.8 Å². The number of nitrogens with one attached hydrogen (secondary N) is 1. The smallest absolute Gasteiger partial charge is 0.0808 e. The number of ether oxygens (including phenoxy) is 1. The molecule has 0 radical (unpaired) electrons. The maximum Gasteiger partial charge on any atom is 0.0808 e. The summed E-state index contributed by atoms with van der Waals surface area (Å²) in [7, 11) is 2.02. The molecule has 0 aromatic heterocycles. The van der Waals surface area contributed by atoms with Crippen LogP contribution in [-0.4, -0.2) is 25.8 Å². The van der Waals surface area contributed by atoms with Gasteiger partial charge in [-0.3, -0.25) is 0 Å². The predicted octanol–water partition coefficient (Wildman–Crippen LogP) is 2.44. The summed E-state index contributed by atoms with van der Waals surface area (Å²) in [4.78, 5) is 0. The van der Waals surface area contributed by atoms with Crippen LogP contribution in [0.1, 0.15) is 40.0 Å². The van der Waals surface area contributed by atoms with E-state index in [2.05, 4.69) is 26.1 Å². The van der Waals surface area contributed by atoms with Crippen molar-refractivity contribution in [3.8, 4) is 0 Å². The van der Waals surface area contributed by atoms with Crippen LogP contribution in [0.4, 0.5) is 0 Å². The van der Waals surface area contributed by atoms with Crippen LogP contribution in [0, 0.1) is 11.8 Å². The summed E-state index contributed by atoms with van der Waals surface area (Å²) in [5.74, 6) is 1.66. The van der Waals surface area contributed by atoms with Crippen molar-refractivity contribution in [3.05, 3.63) is 0 Å². The van der Waals surface area contributed by atoms with Gasteiger partial charge in [-0.1, -0.05) is 13.8 Å². The van der Waals surface area contributed by atoms with Gasteiger partial charge in [0.2, 0.25) is 0 Å². The van der Waals surface area contributed by atoms with E-state index in [1.807, 2.05) is 7.05 Å². The van der Waals surface area contributed by atoms with Gasteiger partial charge >= 0.3 is 0 Å². The van der Waals surface area contributed by atoms with Crippen LogP contribution >= 0.6 is 0 Å². The molecule has 1 aliphatic carbocycles. The van der Waals surface area contributed by atoms with Gasteiger partial charge in [-0.25, -0.2) is 0 Å². The van der Waals surface area contributed by atoms with Crippen molar-refractivity contribution in [1.29, 1.82) is 0 Å². The molecule has 0 bridgehead atoms.